The Hall–Kier alpha value is -2.56. The molecule has 2 atom stereocenters. The van der Waals surface area contributed by atoms with Crippen LogP contribution in [0.1, 0.15) is 30.9 Å². The predicted molar refractivity (Wildman–Crippen MR) is 116 cm³/mol. The summed E-state index contributed by atoms with van der Waals surface area (Å²) in [5.41, 5.74) is 0.809. The van der Waals surface area contributed by atoms with Gasteiger partial charge in [-0.05, 0) is 55.5 Å². The SMILES string of the molecule is CC(Sc1nnc(-c2ccc(F)cc2)n1CC1CCCO1)c1nnc(-c2cccs2)o1. The zero-order valence-corrected chi connectivity index (χ0v) is 18.4. The summed E-state index contributed by atoms with van der Waals surface area (Å²) in [5, 5.41) is 19.8. The van der Waals surface area contributed by atoms with Crippen molar-refractivity contribution < 1.29 is 13.5 Å². The Morgan fingerprint density at radius 3 is 2.81 bits per heavy atom. The van der Waals surface area contributed by atoms with Crippen molar-refractivity contribution >= 4 is 23.1 Å². The third-order valence-corrected chi connectivity index (χ3v) is 6.96. The number of aromatic nitrogens is 5. The van der Waals surface area contributed by atoms with Gasteiger partial charge in [0.1, 0.15) is 5.82 Å². The highest BCUT2D eigenvalue weighted by molar-refractivity contribution is 7.99. The van der Waals surface area contributed by atoms with Gasteiger partial charge in [-0.15, -0.1) is 31.7 Å². The molecule has 7 nitrogen and oxygen atoms in total. The maximum absolute atomic E-state index is 13.4. The van der Waals surface area contributed by atoms with Gasteiger partial charge in [0.25, 0.3) is 5.89 Å². The summed E-state index contributed by atoms with van der Waals surface area (Å²) >= 11 is 3.06. The zero-order valence-electron chi connectivity index (χ0n) is 16.8. The molecule has 3 aromatic heterocycles. The number of nitrogens with zero attached hydrogens (tertiary/aromatic N) is 5. The first-order chi connectivity index (χ1) is 15.2. The molecule has 5 rings (SSSR count). The Bertz CT molecular complexity index is 1140. The van der Waals surface area contributed by atoms with Gasteiger partial charge in [-0.3, -0.25) is 4.57 Å². The van der Waals surface area contributed by atoms with E-state index in [0.717, 1.165) is 35.0 Å². The minimum Gasteiger partial charge on any atom is -0.419 e. The topological polar surface area (TPSA) is 78.9 Å². The van der Waals surface area contributed by atoms with Gasteiger partial charge >= 0.3 is 0 Å². The van der Waals surface area contributed by atoms with Gasteiger partial charge in [-0.25, -0.2) is 4.39 Å². The summed E-state index contributed by atoms with van der Waals surface area (Å²) in [5.74, 6) is 1.46. The van der Waals surface area contributed by atoms with E-state index >= 15 is 0 Å². The summed E-state index contributed by atoms with van der Waals surface area (Å²) in [7, 11) is 0. The van der Waals surface area contributed by atoms with Gasteiger partial charge in [0.15, 0.2) is 11.0 Å². The van der Waals surface area contributed by atoms with Crippen LogP contribution in [0, 0.1) is 5.82 Å². The number of thioether (sulfide) groups is 1. The van der Waals surface area contributed by atoms with Gasteiger partial charge in [-0.1, -0.05) is 17.8 Å². The molecule has 2 unspecified atom stereocenters. The minimum atomic E-state index is -0.282. The van der Waals surface area contributed by atoms with Crippen molar-refractivity contribution in [1.82, 2.24) is 25.0 Å². The predicted octanol–water partition coefficient (Wildman–Crippen LogP) is 5.23. The number of benzene rings is 1. The van der Waals surface area contributed by atoms with E-state index in [-0.39, 0.29) is 17.2 Å². The second-order valence-electron chi connectivity index (χ2n) is 7.24. The fourth-order valence-electron chi connectivity index (χ4n) is 3.45. The molecule has 0 radical (unpaired) electrons. The molecule has 1 aliphatic rings. The Labute approximate surface area is 186 Å². The van der Waals surface area contributed by atoms with E-state index in [1.165, 1.54) is 23.9 Å². The van der Waals surface area contributed by atoms with Gasteiger partial charge in [-0.2, -0.15) is 0 Å². The molecule has 1 aliphatic heterocycles. The molecule has 1 saturated heterocycles. The molecule has 1 fully saturated rings. The number of thiophene rings is 1. The smallest absolute Gasteiger partial charge is 0.257 e. The number of ether oxygens (including phenoxy) is 1. The van der Waals surface area contributed by atoms with Crippen LogP contribution in [0.15, 0.2) is 51.4 Å². The number of rotatable bonds is 7. The zero-order chi connectivity index (χ0) is 21.2. The molecule has 4 aromatic rings. The van der Waals surface area contributed by atoms with E-state index in [2.05, 4.69) is 20.4 Å². The molecule has 31 heavy (non-hydrogen) atoms. The molecule has 160 valence electrons. The van der Waals surface area contributed by atoms with Gasteiger partial charge in [0, 0.05) is 12.2 Å². The van der Waals surface area contributed by atoms with Gasteiger partial charge in [0.05, 0.1) is 22.8 Å². The Morgan fingerprint density at radius 1 is 1.19 bits per heavy atom. The first-order valence-corrected chi connectivity index (χ1v) is 11.8. The largest absolute Gasteiger partial charge is 0.419 e. The summed E-state index contributed by atoms with van der Waals surface area (Å²) in [6, 6.07) is 10.2. The van der Waals surface area contributed by atoms with Gasteiger partial charge < -0.3 is 9.15 Å². The normalized spacial score (nSPS) is 17.3. The van der Waals surface area contributed by atoms with Crippen LogP contribution >= 0.6 is 23.1 Å². The third kappa shape index (κ3) is 4.41. The molecule has 0 aliphatic carbocycles. The number of hydrogen-bond donors (Lipinski definition) is 0. The molecule has 0 amide bonds. The molecule has 4 heterocycles. The highest BCUT2D eigenvalue weighted by Crippen LogP contribution is 2.36. The molecule has 0 N–H and O–H groups in total. The van der Waals surface area contributed by atoms with Crippen molar-refractivity contribution in [3.05, 3.63) is 53.5 Å². The summed E-state index contributed by atoms with van der Waals surface area (Å²) < 4.78 is 27.2. The van der Waals surface area contributed by atoms with Crippen LogP contribution in [0.25, 0.3) is 22.2 Å². The van der Waals surface area contributed by atoms with Gasteiger partial charge in [0.2, 0.25) is 5.89 Å². The second-order valence-corrected chi connectivity index (χ2v) is 9.50. The molecule has 1 aromatic carbocycles. The van der Waals surface area contributed by atoms with Crippen molar-refractivity contribution in [2.75, 3.05) is 6.61 Å². The van der Waals surface area contributed by atoms with Crippen LogP contribution in [0.5, 0.6) is 0 Å². The number of hydrogen-bond acceptors (Lipinski definition) is 8. The van der Waals surface area contributed by atoms with Crippen LogP contribution in [-0.4, -0.2) is 37.7 Å². The fourth-order valence-corrected chi connectivity index (χ4v) is 4.98. The first-order valence-electron chi connectivity index (χ1n) is 10.0. The molecule has 0 saturated carbocycles. The Kier molecular flexibility index (Phi) is 5.84. The van der Waals surface area contributed by atoms with Crippen LogP contribution < -0.4 is 0 Å². The van der Waals surface area contributed by atoms with E-state index in [9.17, 15) is 4.39 Å². The fraction of sp³-hybridized carbons (Fsp3) is 0.333. The van der Waals surface area contributed by atoms with Crippen LogP contribution in [0.4, 0.5) is 4.39 Å². The van der Waals surface area contributed by atoms with E-state index < -0.39 is 0 Å². The monoisotopic (exact) mass is 457 g/mol. The lowest BCUT2D eigenvalue weighted by Crippen LogP contribution is -2.16. The molecule has 0 spiro atoms. The van der Waals surface area contributed by atoms with Crippen LogP contribution in [0.3, 0.4) is 0 Å². The summed E-state index contributed by atoms with van der Waals surface area (Å²) in [4.78, 5) is 0.941. The Balaban J connectivity index is 1.41. The average Bonchev–Trinajstić information content (AvgIpc) is 3.57. The second kappa shape index (κ2) is 8.89. The van der Waals surface area contributed by atoms with Crippen LogP contribution in [-0.2, 0) is 11.3 Å². The van der Waals surface area contributed by atoms with E-state index in [0.29, 0.717) is 24.2 Å². The highest BCUT2D eigenvalue weighted by Gasteiger charge is 2.25. The maximum atomic E-state index is 13.4. The maximum Gasteiger partial charge on any atom is 0.257 e. The average molecular weight is 458 g/mol. The highest BCUT2D eigenvalue weighted by atomic mass is 32.2. The lowest BCUT2D eigenvalue weighted by Gasteiger charge is -2.15. The standard InChI is InChI=1S/C21H20FN5O2S2/c1-13(19-24-25-20(29-19)17-5-3-11-30-17)31-21-26-23-18(14-6-8-15(22)9-7-14)27(21)12-16-4-2-10-28-16/h3,5-9,11,13,16H,2,4,10,12H2,1H3. The van der Waals surface area contributed by atoms with Crippen molar-refractivity contribution in [1.29, 1.82) is 0 Å². The summed E-state index contributed by atoms with van der Waals surface area (Å²) in [6.07, 6.45) is 2.15. The molecule has 10 heteroatoms. The first kappa shape index (κ1) is 20.3. The van der Waals surface area contributed by atoms with Crippen molar-refractivity contribution in [2.45, 2.75) is 42.8 Å². The molecular formula is C21H20FN5O2S2. The lowest BCUT2D eigenvalue weighted by molar-refractivity contribution is 0.0953. The quantitative estimate of drug-likeness (QED) is 0.352. The molecule has 0 bridgehead atoms. The minimum absolute atomic E-state index is 0.110. The van der Waals surface area contributed by atoms with Crippen molar-refractivity contribution in [3.63, 3.8) is 0 Å². The van der Waals surface area contributed by atoms with Crippen LogP contribution in [0.2, 0.25) is 0 Å². The van der Waals surface area contributed by atoms with E-state index in [4.69, 9.17) is 9.15 Å². The third-order valence-electron chi connectivity index (χ3n) is 5.03. The van der Waals surface area contributed by atoms with Crippen molar-refractivity contribution in [3.8, 4) is 22.2 Å². The Morgan fingerprint density at radius 2 is 2.06 bits per heavy atom. The summed E-state index contributed by atoms with van der Waals surface area (Å²) in [6.45, 7) is 3.41. The molecular weight excluding hydrogens is 437 g/mol. The number of halogens is 1. The lowest BCUT2D eigenvalue weighted by atomic mass is 10.2. The van der Waals surface area contributed by atoms with E-state index in [1.807, 2.05) is 29.0 Å². The van der Waals surface area contributed by atoms with E-state index in [1.54, 1.807) is 23.5 Å². The van der Waals surface area contributed by atoms with Crippen molar-refractivity contribution in [2.24, 2.45) is 0 Å².